The first kappa shape index (κ1) is 34.0. The number of thioether (sulfide) groups is 3. The van der Waals surface area contributed by atoms with Crippen LogP contribution in [0, 0.1) is 0 Å². The molecule has 0 atom stereocenters. The molecule has 0 saturated heterocycles. The van der Waals surface area contributed by atoms with Gasteiger partial charge in [0.1, 0.15) is 0 Å². The fourth-order valence-corrected chi connectivity index (χ4v) is 7.21. The second kappa shape index (κ2) is 33.0. The fourth-order valence-electron chi connectivity index (χ4n) is 4.15. The Bertz CT molecular complexity index is 292. The highest BCUT2D eigenvalue weighted by Gasteiger charge is 1.96. The molecule has 3 heteroatoms. The van der Waals surface area contributed by atoms with Crippen LogP contribution in [0.15, 0.2) is 0 Å². The predicted molar refractivity (Wildman–Crippen MR) is 165 cm³/mol. The molecule has 0 aliphatic carbocycles. The summed E-state index contributed by atoms with van der Waals surface area (Å²) >= 11 is 6.61. The minimum absolute atomic E-state index is 1.37. The van der Waals surface area contributed by atoms with Crippen molar-refractivity contribution in [2.75, 3.05) is 34.5 Å². The number of hydrogen-bond donors (Lipinski definition) is 0. The third-order valence-corrected chi connectivity index (χ3v) is 9.90. The van der Waals surface area contributed by atoms with Crippen LogP contribution in [-0.4, -0.2) is 34.5 Å². The van der Waals surface area contributed by atoms with Gasteiger partial charge in [0, 0.05) is 0 Å². The van der Waals surface area contributed by atoms with Crippen LogP contribution in [0.2, 0.25) is 0 Å². The Kier molecular flexibility index (Phi) is 34.1. The number of rotatable bonds is 30. The maximum Gasteiger partial charge on any atom is -0.00675 e. The molecule has 0 aromatic carbocycles. The first-order valence-electron chi connectivity index (χ1n) is 15.1. The second-order valence-electron chi connectivity index (χ2n) is 9.91. The molecule has 0 aromatic heterocycles. The van der Waals surface area contributed by atoms with Crippen molar-refractivity contribution in [3.63, 3.8) is 0 Å². The van der Waals surface area contributed by atoms with E-state index in [1.54, 1.807) is 0 Å². The number of unbranched alkanes of at least 4 members (excludes halogenated alkanes) is 18. The van der Waals surface area contributed by atoms with E-state index < -0.39 is 0 Å². The van der Waals surface area contributed by atoms with Gasteiger partial charge in [0.05, 0.1) is 0 Å². The lowest BCUT2D eigenvalue weighted by Gasteiger charge is -2.04. The summed E-state index contributed by atoms with van der Waals surface area (Å²) in [5, 5.41) is 0. The van der Waals surface area contributed by atoms with Gasteiger partial charge in [0.15, 0.2) is 0 Å². The van der Waals surface area contributed by atoms with Crippen molar-refractivity contribution in [1.29, 1.82) is 0 Å². The molecule has 0 heterocycles. The van der Waals surface area contributed by atoms with Gasteiger partial charge in [-0.05, 0) is 73.0 Å². The first-order chi connectivity index (χ1) is 16.4. The first-order valence-corrected chi connectivity index (χ1v) is 18.6. The maximum absolute atomic E-state index is 2.30. The zero-order chi connectivity index (χ0) is 23.9. The smallest absolute Gasteiger partial charge is 0.00675 e. The van der Waals surface area contributed by atoms with Crippen molar-refractivity contribution in [2.45, 2.75) is 155 Å². The van der Waals surface area contributed by atoms with Crippen molar-refractivity contribution < 1.29 is 0 Å². The Balaban J connectivity index is 2.99. The van der Waals surface area contributed by atoms with Gasteiger partial charge in [-0.25, -0.2) is 0 Å². The van der Waals surface area contributed by atoms with Gasteiger partial charge in [0.2, 0.25) is 0 Å². The highest BCUT2D eigenvalue weighted by atomic mass is 32.2. The molecule has 0 unspecified atom stereocenters. The highest BCUT2D eigenvalue weighted by Crippen LogP contribution is 2.16. The molecule has 0 amide bonds. The van der Waals surface area contributed by atoms with Crippen molar-refractivity contribution in [3.8, 4) is 0 Å². The molecule has 0 fully saturated rings. The Labute approximate surface area is 224 Å². The van der Waals surface area contributed by atoms with E-state index in [4.69, 9.17) is 0 Å². The average Bonchev–Trinajstić information content (AvgIpc) is 2.83. The van der Waals surface area contributed by atoms with E-state index in [2.05, 4.69) is 49.1 Å². The van der Waals surface area contributed by atoms with E-state index >= 15 is 0 Å². The van der Waals surface area contributed by atoms with Crippen LogP contribution in [0.25, 0.3) is 0 Å². The molecule has 0 N–H and O–H groups in total. The third kappa shape index (κ3) is 33.0. The Morgan fingerprint density at radius 3 is 0.636 bits per heavy atom. The lowest BCUT2D eigenvalue weighted by atomic mass is 10.1. The quantitative estimate of drug-likeness (QED) is 0.0867. The molecule has 0 saturated carbocycles. The normalized spacial score (nSPS) is 11.5. The van der Waals surface area contributed by atoms with E-state index in [1.165, 1.54) is 176 Å². The van der Waals surface area contributed by atoms with Crippen LogP contribution in [-0.2, 0) is 0 Å². The van der Waals surface area contributed by atoms with Crippen LogP contribution in [0.3, 0.4) is 0 Å². The third-order valence-electron chi connectivity index (χ3n) is 6.44. The largest absolute Gasteiger partial charge is 0.162 e. The summed E-state index contributed by atoms with van der Waals surface area (Å²) in [6.07, 6.45) is 31.9. The summed E-state index contributed by atoms with van der Waals surface area (Å²) in [6.45, 7) is 4.60. The summed E-state index contributed by atoms with van der Waals surface area (Å²) < 4.78 is 0. The van der Waals surface area contributed by atoms with Gasteiger partial charge in [0.25, 0.3) is 0 Å². The SMILES string of the molecule is CCCCCCCSCCCCCCCCSCCCCCCCCSCCCCCCC. The van der Waals surface area contributed by atoms with Gasteiger partial charge in [-0.1, -0.05) is 117 Å². The van der Waals surface area contributed by atoms with Crippen LogP contribution >= 0.6 is 35.3 Å². The molecule has 0 aliphatic heterocycles. The molecular weight excluding hydrogens is 457 g/mol. The minimum atomic E-state index is 1.37. The van der Waals surface area contributed by atoms with Crippen molar-refractivity contribution in [1.82, 2.24) is 0 Å². The van der Waals surface area contributed by atoms with Crippen LogP contribution in [0.5, 0.6) is 0 Å². The van der Waals surface area contributed by atoms with Crippen LogP contribution < -0.4 is 0 Å². The summed E-state index contributed by atoms with van der Waals surface area (Å²) in [6, 6.07) is 0. The zero-order valence-corrected chi connectivity index (χ0v) is 25.5. The monoisotopic (exact) mass is 518 g/mol. The number of hydrogen-bond acceptors (Lipinski definition) is 3. The van der Waals surface area contributed by atoms with Gasteiger partial charge in [-0.15, -0.1) is 0 Å². The second-order valence-corrected chi connectivity index (χ2v) is 13.6. The lowest BCUT2D eigenvalue weighted by molar-refractivity contribution is 0.625. The van der Waals surface area contributed by atoms with Crippen LogP contribution in [0.4, 0.5) is 0 Å². The van der Waals surface area contributed by atoms with Crippen molar-refractivity contribution >= 4 is 35.3 Å². The molecule has 0 spiro atoms. The van der Waals surface area contributed by atoms with E-state index in [0.29, 0.717) is 0 Å². The summed E-state index contributed by atoms with van der Waals surface area (Å²) in [7, 11) is 0. The van der Waals surface area contributed by atoms with Gasteiger partial charge < -0.3 is 0 Å². The average molecular weight is 519 g/mol. The van der Waals surface area contributed by atoms with Crippen LogP contribution in [0.1, 0.15) is 155 Å². The molecule has 0 bridgehead atoms. The zero-order valence-electron chi connectivity index (χ0n) is 23.0. The molecule has 0 rings (SSSR count). The summed E-state index contributed by atoms with van der Waals surface area (Å²) in [4.78, 5) is 0. The standard InChI is InChI=1S/C30H62S3/c1-3-5-7-13-19-25-31-27-21-15-9-11-17-23-29-33-30-24-18-12-10-16-22-28-32-26-20-14-8-6-4-2/h3-30H2,1-2H3. The molecule has 0 radical (unpaired) electrons. The fraction of sp³-hybridized carbons (Fsp3) is 1.00. The molecule has 0 nitrogen and oxygen atoms in total. The lowest BCUT2D eigenvalue weighted by Crippen LogP contribution is -1.88. The maximum atomic E-state index is 2.30. The summed E-state index contributed by atoms with van der Waals surface area (Å²) in [5.41, 5.74) is 0. The van der Waals surface area contributed by atoms with E-state index in [-0.39, 0.29) is 0 Å². The Hall–Kier alpha value is 1.05. The van der Waals surface area contributed by atoms with E-state index in [0.717, 1.165) is 0 Å². The highest BCUT2D eigenvalue weighted by molar-refractivity contribution is 7.99. The Morgan fingerprint density at radius 1 is 0.242 bits per heavy atom. The van der Waals surface area contributed by atoms with E-state index in [1.807, 2.05) is 0 Å². The van der Waals surface area contributed by atoms with Crippen molar-refractivity contribution in [3.05, 3.63) is 0 Å². The van der Waals surface area contributed by atoms with E-state index in [9.17, 15) is 0 Å². The van der Waals surface area contributed by atoms with Gasteiger partial charge >= 0.3 is 0 Å². The molecule has 0 aliphatic rings. The van der Waals surface area contributed by atoms with Gasteiger partial charge in [-0.3, -0.25) is 0 Å². The topological polar surface area (TPSA) is 0 Å². The minimum Gasteiger partial charge on any atom is -0.162 e. The van der Waals surface area contributed by atoms with Gasteiger partial charge in [-0.2, -0.15) is 35.3 Å². The molecule has 33 heavy (non-hydrogen) atoms. The molecule has 0 aromatic rings. The predicted octanol–water partition coefficient (Wildman–Crippen LogP) is 11.8. The Morgan fingerprint density at radius 2 is 0.424 bits per heavy atom. The van der Waals surface area contributed by atoms with Crippen molar-refractivity contribution in [2.24, 2.45) is 0 Å². The molecule has 200 valence electrons. The molecular formula is C30H62S3. The summed E-state index contributed by atoms with van der Waals surface area (Å²) in [5.74, 6) is 8.43.